The summed E-state index contributed by atoms with van der Waals surface area (Å²) in [7, 11) is 0. The average Bonchev–Trinajstić information content (AvgIpc) is 2.75. The third-order valence-electron chi connectivity index (χ3n) is 5.59. The predicted octanol–water partition coefficient (Wildman–Crippen LogP) is 7.10. The van der Waals surface area contributed by atoms with E-state index in [1.165, 1.54) is 5.56 Å². The van der Waals surface area contributed by atoms with Gasteiger partial charge in [-0.15, -0.1) is 0 Å². The summed E-state index contributed by atoms with van der Waals surface area (Å²) in [4.78, 5) is 23.9. The van der Waals surface area contributed by atoms with Crippen molar-refractivity contribution in [2.24, 2.45) is 0 Å². The SMILES string of the molecule is C=C(C)C(=O)OC(CC)CCCCC(=O)OC(C)(C)CCCCCCOc1ccc(C)cc1. The monoisotopic (exact) mass is 460 g/mol. The molecule has 0 aliphatic heterocycles. The topological polar surface area (TPSA) is 61.8 Å². The molecule has 1 unspecified atom stereocenters. The summed E-state index contributed by atoms with van der Waals surface area (Å²) in [6.07, 6.45) is 8.43. The van der Waals surface area contributed by atoms with Gasteiger partial charge < -0.3 is 14.2 Å². The van der Waals surface area contributed by atoms with E-state index in [0.717, 1.165) is 70.1 Å². The number of hydrogen-bond acceptors (Lipinski definition) is 5. The molecule has 0 aliphatic carbocycles. The number of rotatable bonds is 17. The molecule has 0 saturated carbocycles. The van der Waals surface area contributed by atoms with Crippen LogP contribution in [-0.4, -0.2) is 30.3 Å². The van der Waals surface area contributed by atoms with Crippen LogP contribution in [0.1, 0.15) is 97.5 Å². The Morgan fingerprint density at radius 2 is 1.67 bits per heavy atom. The number of aryl methyl sites for hydroxylation is 1. The molecular weight excluding hydrogens is 416 g/mol. The quantitative estimate of drug-likeness (QED) is 0.141. The minimum Gasteiger partial charge on any atom is -0.494 e. The minimum absolute atomic E-state index is 0.121. The summed E-state index contributed by atoms with van der Waals surface area (Å²) < 4.78 is 16.9. The van der Waals surface area contributed by atoms with Crippen LogP contribution in [0.2, 0.25) is 0 Å². The van der Waals surface area contributed by atoms with Crippen molar-refractivity contribution >= 4 is 11.9 Å². The van der Waals surface area contributed by atoms with E-state index >= 15 is 0 Å². The smallest absolute Gasteiger partial charge is 0.333 e. The van der Waals surface area contributed by atoms with E-state index in [1.54, 1.807) is 6.92 Å². The van der Waals surface area contributed by atoms with Crippen molar-refractivity contribution in [2.45, 2.75) is 111 Å². The Morgan fingerprint density at radius 3 is 2.30 bits per heavy atom. The molecule has 0 saturated heterocycles. The highest BCUT2D eigenvalue weighted by Gasteiger charge is 2.22. The van der Waals surface area contributed by atoms with Crippen LogP contribution in [0, 0.1) is 6.92 Å². The minimum atomic E-state index is -0.446. The van der Waals surface area contributed by atoms with Gasteiger partial charge in [-0.2, -0.15) is 0 Å². The Hall–Kier alpha value is -2.30. The lowest BCUT2D eigenvalue weighted by Crippen LogP contribution is -2.28. The fourth-order valence-electron chi connectivity index (χ4n) is 3.48. The number of hydrogen-bond donors (Lipinski definition) is 0. The van der Waals surface area contributed by atoms with Gasteiger partial charge in [-0.1, -0.05) is 44.0 Å². The van der Waals surface area contributed by atoms with Gasteiger partial charge >= 0.3 is 11.9 Å². The third-order valence-corrected chi connectivity index (χ3v) is 5.59. The molecule has 0 bridgehead atoms. The lowest BCUT2D eigenvalue weighted by atomic mass is 9.99. The van der Waals surface area contributed by atoms with E-state index in [-0.39, 0.29) is 18.0 Å². The third kappa shape index (κ3) is 13.8. The van der Waals surface area contributed by atoms with Gasteiger partial charge in [0, 0.05) is 12.0 Å². The number of carbonyl (C=O) groups is 2. The molecule has 1 rings (SSSR count). The van der Waals surface area contributed by atoms with Crippen LogP contribution < -0.4 is 4.74 Å². The first kappa shape index (κ1) is 28.7. The standard InChI is InChI=1S/C28H44O5/c1-7-24(32-27(30)22(2)3)14-10-11-15-26(29)33-28(5,6)20-12-8-9-13-21-31-25-18-16-23(4)17-19-25/h16-19,24H,2,7-15,20-21H2,1,3-6H3. The summed E-state index contributed by atoms with van der Waals surface area (Å²) in [6.45, 7) is 14.0. The second-order valence-corrected chi connectivity index (χ2v) is 9.52. The highest BCUT2D eigenvalue weighted by atomic mass is 16.6. The molecule has 5 heteroatoms. The summed E-state index contributed by atoms with van der Waals surface area (Å²) in [5.74, 6) is 0.423. The molecule has 0 fully saturated rings. The van der Waals surface area contributed by atoms with Crippen molar-refractivity contribution in [3.8, 4) is 5.75 Å². The lowest BCUT2D eigenvalue weighted by Gasteiger charge is -2.25. The average molecular weight is 461 g/mol. The number of unbranched alkanes of at least 4 members (excludes halogenated alkanes) is 4. The fourth-order valence-corrected chi connectivity index (χ4v) is 3.48. The first-order valence-corrected chi connectivity index (χ1v) is 12.4. The van der Waals surface area contributed by atoms with E-state index < -0.39 is 5.60 Å². The normalized spacial score (nSPS) is 12.2. The highest BCUT2D eigenvalue weighted by Crippen LogP contribution is 2.21. The van der Waals surface area contributed by atoms with Gasteiger partial charge in [0.1, 0.15) is 17.5 Å². The van der Waals surface area contributed by atoms with E-state index in [9.17, 15) is 9.59 Å². The van der Waals surface area contributed by atoms with Crippen LogP contribution in [-0.2, 0) is 19.1 Å². The molecule has 186 valence electrons. The second-order valence-electron chi connectivity index (χ2n) is 9.52. The Kier molecular flexibility index (Phi) is 13.5. The lowest BCUT2D eigenvalue weighted by molar-refractivity contribution is -0.157. The molecule has 5 nitrogen and oxygen atoms in total. The molecule has 0 N–H and O–H groups in total. The van der Waals surface area contributed by atoms with Crippen LogP contribution in [0.15, 0.2) is 36.4 Å². The van der Waals surface area contributed by atoms with E-state index in [2.05, 4.69) is 25.6 Å². The number of benzene rings is 1. The summed E-state index contributed by atoms with van der Waals surface area (Å²) in [5, 5.41) is 0. The summed E-state index contributed by atoms with van der Waals surface area (Å²) in [6, 6.07) is 8.13. The second kappa shape index (κ2) is 15.5. The summed E-state index contributed by atoms with van der Waals surface area (Å²) >= 11 is 0. The predicted molar refractivity (Wildman–Crippen MR) is 133 cm³/mol. The van der Waals surface area contributed by atoms with Crippen LogP contribution in [0.3, 0.4) is 0 Å². The van der Waals surface area contributed by atoms with Crippen molar-refractivity contribution in [1.82, 2.24) is 0 Å². The molecule has 0 spiro atoms. The van der Waals surface area contributed by atoms with Gasteiger partial charge in [0.2, 0.25) is 0 Å². The maximum absolute atomic E-state index is 12.2. The Morgan fingerprint density at radius 1 is 1.00 bits per heavy atom. The molecule has 33 heavy (non-hydrogen) atoms. The zero-order valence-electron chi connectivity index (χ0n) is 21.4. The summed E-state index contributed by atoms with van der Waals surface area (Å²) in [5.41, 5.74) is 1.20. The Labute approximate surface area is 200 Å². The van der Waals surface area contributed by atoms with Crippen molar-refractivity contribution in [3.63, 3.8) is 0 Å². The first-order chi connectivity index (χ1) is 15.6. The van der Waals surface area contributed by atoms with E-state index in [4.69, 9.17) is 14.2 Å². The van der Waals surface area contributed by atoms with E-state index in [1.807, 2.05) is 32.9 Å². The molecule has 0 aromatic heterocycles. The van der Waals surface area contributed by atoms with Crippen molar-refractivity contribution < 1.29 is 23.8 Å². The molecule has 1 aromatic carbocycles. The van der Waals surface area contributed by atoms with Crippen molar-refractivity contribution in [3.05, 3.63) is 42.0 Å². The molecule has 0 radical (unpaired) electrons. The first-order valence-electron chi connectivity index (χ1n) is 12.4. The van der Waals surface area contributed by atoms with Gasteiger partial charge in [0.25, 0.3) is 0 Å². The number of esters is 2. The van der Waals surface area contributed by atoms with Gasteiger partial charge in [-0.3, -0.25) is 4.79 Å². The van der Waals surface area contributed by atoms with Crippen LogP contribution in [0.4, 0.5) is 0 Å². The molecule has 0 amide bonds. The molecule has 1 aromatic rings. The number of ether oxygens (including phenoxy) is 3. The van der Waals surface area contributed by atoms with Crippen LogP contribution >= 0.6 is 0 Å². The van der Waals surface area contributed by atoms with Gasteiger partial charge in [-0.05, 0) is 84.8 Å². The molecule has 0 heterocycles. The van der Waals surface area contributed by atoms with Gasteiger partial charge in [0.15, 0.2) is 0 Å². The van der Waals surface area contributed by atoms with Crippen LogP contribution in [0.5, 0.6) is 5.75 Å². The largest absolute Gasteiger partial charge is 0.494 e. The zero-order valence-corrected chi connectivity index (χ0v) is 21.4. The highest BCUT2D eigenvalue weighted by molar-refractivity contribution is 5.87. The van der Waals surface area contributed by atoms with Crippen molar-refractivity contribution in [2.75, 3.05) is 6.61 Å². The Balaban J connectivity index is 2.11. The maximum Gasteiger partial charge on any atom is 0.333 e. The number of carbonyl (C=O) groups excluding carboxylic acids is 2. The van der Waals surface area contributed by atoms with Crippen LogP contribution in [0.25, 0.3) is 0 Å². The molecule has 1 atom stereocenters. The molecular formula is C28H44O5. The zero-order chi connectivity index (χ0) is 24.7. The van der Waals surface area contributed by atoms with Crippen molar-refractivity contribution in [1.29, 1.82) is 0 Å². The maximum atomic E-state index is 12.2. The fraction of sp³-hybridized carbons (Fsp3) is 0.643. The van der Waals surface area contributed by atoms with Gasteiger partial charge in [0.05, 0.1) is 6.61 Å². The Bertz CT molecular complexity index is 720. The molecule has 0 aliphatic rings. The van der Waals surface area contributed by atoms with E-state index in [0.29, 0.717) is 12.0 Å². The van der Waals surface area contributed by atoms with Gasteiger partial charge in [-0.25, -0.2) is 4.79 Å².